The molecule has 26 heavy (non-hydrogen) atoms. The average molecular weight is 475 g/mol. The van der Waals surface area contributed by atoms with Gasteiger partial charge in [0.2, 0.25) is 0 Å². The number of halogens is 1. The molecule has 0 amide bonds. The van der Waals surface area contributed by atoms with E-state index in [1.165, 1.54) is 18.4 Å². The number of nitrogens with zero attached hydrogens (tertiary/aromatic N) is 1. The minimum Gasteiger partial charge on any atom is -0.488 e. The molecule has 1 aromatic carbocycles. The van der Waals surface area contributed by atoms with Crippen molar-refractivity contribution in [1.29, 1.82) is 0 Å². The van der Waals surface area contributed by atoms with Crippen LogP contribution in [0.15, 0.2) is 23.2 Å². The number of nitrogens with one attached hydrogen (secondary N) is 2. The summed E-state index contributed by atoms with van der Waals surface area (Å²) in [5.41, 5.74) is 2.09. The minimum absolute atomic E-state index is 0. The predicted molar refractivity (Wildman–Crippen MR) is 119 cm³/mol. The normalized spacial score (nSPS) is 14.6. The van der Waals surface area contributed by atoms with E-state index in [4.69, 9.17) is 9.47 Å². The summed E-state index contributed by atoms with van der Waals surface area (Å²) < 4.78 is 11.7. The molecular formula is C20H34IN3O2. The molecule has 0 unspecified atom stereocenters. The Balaban J connectivity index is 0.00000338. The van der Waals surface area contributed by atoms with E-state index in [1.807, 2.05) is 0 Å². The molecule has 1 aromatic rings. The van der Waals surface area contributed by atoms with E-state index in [1.54, 1.807) is 7.05 Å². The molecular weight excluding hydrogens is 441 g/mol. The highest BCUT2D eigenvalue weighted by molar-refractivity contribution is 14.0. The first kappa shape index (κ1) is 23.0. The second-order valence-electron chi connectivity index (χ2n) is 7.70. The van der Waals surface area contributed by atoms with Gasteiger partial charge in [-0.2, -0.15) is 0 Å². The third kappa shape index (κ3) is 9.07. The first-order valence-corrected chi connectivity index (χ1v) is 9.18. The Morgan fingerprint density at radius 1 is 1.23 bits per heavy atom. The molecule has 2 N–H and O–H groups in total. The topological polar surface area (TPSA) is 54.9 Å². The summed E-state index contributed by atoms with van der Waals surface area (Å²) in [7, 11) is 1.78. The lowest BCUT2D eigenvalue weighted by molar-refractivity contribution is 0.128. The lowest BCUT2D eigenvalue weighted by atomic mass is 10.1. The van der Waals surface area contributed by atoms with Gasteiger partial charge in [0, 0.05) is 32.3 Å². The van der Waals surface area contributed by atoms with Crippen molar-refractivity contribution in [2.75, 3.05) is 26.8 Å². The van der Waals surface area contributed by atoms with Gasteiger partial charge in [-0.15, -0.1) is 24.0 Å². The van der Waals surface area contributed by atoms with Gasteiger partial charge < -0.3 is 20.1 Å². The second kappa shape index (κ2) is 11.0. The highest BCUT2D eigenvalue weighted by Gasteiger charge is 2.20. The number of rotatable bonds is 8. The van der Waals surface area contributed by atoms with Crippen LogP contribution in [0.3, 0.4) is 0 Å². The zero-order valence-electron chi connectivity index (χ0n) is 16.7. The van der Waals surface area contributed by atoms with Crippen molar-refractivity contribution in [3.63, 3.8) is 0 Å². The van der Waals surface area contributed by atoms with Crippen LogP contribution >= 0.6 is 24.0 Å². The van der Waals surface area contributed by atoms with Crippen LogP contribution in [0.4, 0.5) is 0 Å². The quantitative estimate of drug-likeness (QED) is 0.259. The maximum absolute atomic E-state index is 6.10. The molecule has 1 saturated carbocycles. The van der Waals surface area contributed by atoms with Crippen LogP contribution in [0.5, 0.6) is 5.75 Å². The van der Waals surface area contributed by atoms with E-state index in [9.17, 15) is 0 Å². The Bertz CT molecular complexity index is 581. The number of ether oxygens (including phenoxy) is 2. The molecule has 6 heteroatoms. The summed E-state index contributed by atoms with van der Waals surface area (Å²) in [5, 5.41) is 6.63. The van der Waals surface area contributed by atoms with Crippen molar-refractivity contribution in [2.45, 2.75) is 52.7 Å². The van der Waals surface area contributed by atoms with Crippen molar-refractivity contribution in [3.05, 3.63) is 29.3 Å². The standard InChI is InChI=1S/C20H33N3O2.HI/c1-15-6-9-17(18(12-15)25-20(2,3)4)13-23-19(21-5)22-10-11-24-14-16-7-8-16;/h6,9,12,16H,7-8,10-11,13-14H2,1-5H3,(H2,21,22,23);1H. The Hall–Kier alpha value is -1.02. The van der Waals surface area contributed by atoms with Gasteiger partial charge in [-0.1, -0.05) is 12.1 Å². The van der Waals surface area contributed by atoms with Gasteiger partial charge >= 0.3 is 0 Å². The van der Waals surface area contributed by atoms with Crippen LogP contribution in [0, 0.1) is 12.8 Å². The lowest BCUT2D eigenvalue weighted by Crippen LogP contribution is -2.38. The first-order chi connectivity index (χ1) is 11.9. The zero-order chi connectivity index (χ0) is 18.3. The van der Waals surface area contributed by atoms with E-state index in [0.29, 0.717) is 13.2 Å². The fraction of sp³-hybridized carbons (Fsp3) is 0.650. The Morgan fingerprint density at radius 2 is 1.96 bits per heavy atom. The van der Waals surface area contributed by atoms with Crippen LogP contribution < -0.4 is 15.4 Å². The van der Waals surface area contributed by atoms with Crippen molar-refractivity contribution < 1.29 is 9.47 Å². The molecule has 0 heterocycles. The number of aryl methyl sites for hydroxylation is 1. The van der Waals surface area contributed by atoms with Crippen molar-refractivity contribution in [1.82, 2.24) is 10.6 Å². The van der Waals surface area contributed by atoms with Gasteiger partial charge in [-0.05, 0) is 58.1 Å². The lowest BCUT2D eigenvalue weighted by Gasteiger charge is -2.24. The zero-order valence-corrected chi connectivity index (χ0v) is 19.1. The molecule has 1 fully saturated rings. The smallest absolute Gasteiger partial charge is 0.191 e. The molecule has 5 nitrogen and oxygen atoms in total. The van der Waals surface area contributed by atoms with Crippen LogP contribution in [-0.2, 0) is 11.3 Å². The summed E-state index contributed by atoms with van der Waals surface area (Å²) in [6, 6.07) is 6.30. The van der Waals surface area contributed by atoms with Crippen LogP contribution in [0.25, 0.3) is 0 Å². The molecule has 0 aromatic heterocycles. The fourth-order valence-electron chi connectivity index (χ4n) is 2.41. The van der Waals surface area contributed by atoms with Crippen molar-refractivity contribution in [2.24, 2.45) is 10.9 Å². The summed E-state index contributed by atoms with van der Waals surface area (Å²) in [6.45, 7) is 11.3. The molecule has 148 valence electrons. The van der Waals surface area contributed by atoms with Gasteiger partial charge in [0.05, 0.1) is 6.61 Å². The molecule has 0 atom stereocenters. The van der Waals surface area contributed by atoms with E-state index in [0.717, 1.165) is 36.3 Å². The third-order valence-corrected chi connectivity index (χ3v) is 3.90. The number of aliphatic imine (C=N–C) groups is 1. The first-order valence-electron chi connectivity index (χ1n) is 9.18. The van der Waals surface area contributed by atoms with Gasteiger partial charge in [0.15, 0.2) is 5.96 Å². The van der Waals surface area contributed by atoms with Crippen LogP contribution in [0.2, 0.25) is 0 Å². The Labute approximate surface area is 175 Å². The van der Waals surface area contributed by atoms with E-state index < -0.39 is 0 Å². The highest BCUT2D eigenvalue weighted by Crippen LogP contribution is 2.28. The Kier molecular flexibility index (Phi) is 9.71. The Morgan fingerprint density at radius 3 is 2.58 bits per heavy atom. The average Bonchev–Trinajstić information content (AvgIpc) is 3.34. The molecule has 0 aliphatic heterocycles. The summed E-state index contributed by atoms with van der Waals surface area (Å²) >= 11 is 0. The third-order valence-electron chi connectivity index (χ3n) is 3.90. The maximum atomic E-state index is 6.10. The molecule has 0 spiro atoms. The number of hydrogen-bond donors (Lipinski definition) is 2. The summed E-state index contributed by atoms with van der Waals surface area (Å²) in [6.07, 6.45) is 2.65. The van der Waals surface area contributed by atoms with Crippen LogP contribution in [0.1, 0.15) is 44.7 Å². The summed E-state index contributed by atoms with van der Waals surface area (Å²) in [5.74, 6) is 2.50. The molecule has 0 bridgehead atoms. The maximum Gasteiger partial charge on any atom is 0.191 e. The van der Waals surface area contributed by atoms with Gasteiger partial charge in [0.1, 0.15) is 11.4 Å². The minimum atomic E-state index is -0.221. The number of guanidine groups is 1. The highest BCUT2D eigenvalue weighted by atomic mass is 127. The molecule has 0 radical (unpaired) electrons. The molecule has 1 aliphatic carbocycles. The molecule has 0 saturated heterocycles. The second-order valence-corrected chi connectivity index (χ2v) is 7.70. The summed E-state index contributed by atoms with van der Waals surface area (Å²) in [4.78, 5) is 4.27. The fourth-order valence-corrected chi connectivity index (χ4v) is 2.41. The van der Waals surface area contributed by atoms with Crippen molar-refractivity contribution in [3.8, 4) is 5.75 Å². The van der Waals surface area contributed by atoms with E-state index in [2.05, 4.69) is 61.5 Å². The van der Waals surface area contributed by atoms with E-state index >= 15 is 0 Å². The van der Waals surface area contributed by atoms with Gasteiger partial charge in [-0.3, -0.25) is 4.99 Å². The van der Waals surface area contributed by atoms with Gasteiger partial charge in [-0.25, -0.2) is 0 Å². The predicted octanol–water partition coefficient (Wildman–Crippen LogP) is 3.88. The SMILES string of the molecule is CN=C(NCCOCC1CC1)NCc1ccc(C)cc1OC(C)(C)C.I. The molecule has 1 aliphatic rings. The van der Waals surface area contributed by atoms with Gasteiger partial charge in [0.25, 0.3) is 0 Å². The molecule has 2 rings (SSSR count). The number of benzene rings is 1. The van der Waals surface area contributed by atoms with Crippen LogP contribution in [-0.4, -0.2) is 38.4 Å². The van der Waals surface area contributed by atoms with E-state index in [-0.39, 0.29) is 29.6 Å². The largest absolute Gasteiger partial charge is 0.488 e. The number of hydrogen-bond acceptors (Lipinski definition) is 3. The monoisotopic (exact) mass is 475 g/mol. The van der Waals surface area contributed by atoms with Crippen molar-refractivity contribution >= 4 is 29.9 Å².